The second-order valence-electron chi connectivity index (χ2n) is 8.18. The van der Waals surface area contributed by atoms with E-state index < -0.39 is 45.8 Å². The van der Waals surface area contributed by atoms with Gasteiger partial charge in [-0.25, -0.2) is 22.7 Å². The van der Waals surface area contributed by atoms with Gasteiger partial charge in [-0.1, -0.05) is 11.8 Å². The van der Waals surface area contributed by atoms with E-state index in [9.17, 15) is 31.6 Å². The van der Waals surface area contributed by atoms with E-state index in [1.807, 2.05) is 5.32 Å². The number of hydroxylamine groups is 1. The Balaban J connectivity index is 2.13. The van der Waals surface area contributed by atoms with Crippen molar-refractivity contribution >= 4 is 33.4 Å². The summed E-state index contributed by atoms with van der Waals surface area (Å²) in [7, 11) is -3.38. The maximum Gasteiger partial charge on any atom is 0.268 e. The van der Waals surface area contributed by atoms with E-state index in [1.165, 1.54) is 29.7 Å². The topological polar surface area (TPSA) is 154 Å². The van der Waals surface area contributed by atoms with Crippen LogP contribution in [0.25, 0.3) is 0 Å². The summed E-state index contributed by atoms with van der Waals surface area (Å²) in [5.74, 6) is 7.69. The van der Waals surface area contributed by atoms with Crippen molar-refractivity contribution in [2.45, 2.75) is 31.9 Å². The second-order valence-corrected chi connectivity index (χ2v) is 9.92. The van der Waals surface area contributed by atoms with Crippen LogP contribution in [0.3, 0.4) is 0 Å². The van der Waals surface area contributed by atoms with Gasteiger partial charge in [0.25, 0.3) is 18.2 Å². The van der Waals surface area contributed by atoms with Gasteiger partial charge in [0, 0.05) is 29.3 Å². The number of rotatable bonds is 8. The highest BCUT2D eigenvalue weighted by Gasteiger charge is 2.48. The molecule has 0 heterocycles. The average molecular weight is 547 g/mol. The van der Waals surface area contributed by atoms with Gasteiger partial charge in [0.2, 0.25) is 15.9 Å². The van der Waals surface area contributed by atoms with Crippen LogP contribution in [0.4, 0.5) is 14.5 Å². The first-order valence-electron chi connectivity index (χ1n) is 10.8. The molecule has 0 aliphatic rings. The van der Waals surface area contributed by atoms with Crippen LogP contribution in [0.2, 0.25) is 0 Å². The molecule has 2 rings (SSSR count). The van der Waals surface area contributed by atoms with Crippen molar-refractivity contribution in [1.82, 2.24) is 16.1 Å². The molecular formula is C25H24F2N4O6S. The van der Waals surface area contributed by atoms with E-state index in [2.05, 4.69) is 33.7 Å². The van der Waals surface area contributed by atoms with Crippen molar-refractivity contribution in [3.05, 3.63) is 65.2 Å². The highest BCUT2D eigenvalue weighted by molar-refractivity contribution is 7.92. The van der Waals surface area contributed by atoms with Gasteiger partial charge in [-0.3, -0.25) is 24.3 Å². The van der Waals surface area contributed by atoms with Gasteiger partial charge >= 0.3 is 0 Å². The molecule has 0 aliphatic heterocycles. The molecule has 200 valence electrons. The summed E-state index contributed by atoms with van der Waals surface area (Å²) in [4.78, 5) is 36.1. The standard InChI is InChI=1S/C25H24F2N4O6S/c1-16(32)29-25(2,24(26)27)21(23(34)30-35)28-22(33)19-12-8-17(9-13-19)6-4-5-7-18-10-14-20(15-11-18)31-38(3,36)37/h8-15,21,24,31,35H,1-3H3,(H,28,33)(H,29,32)(H,30,34)/t21-,25?/m1/s1. The molecule has 3 amide bonds. The molecule has 0 saturated heterocycles. The Morgan fingerprint density at radius 1 is 0.947 bits per heavy atom. The zero-order chi connectivity index (χ0) is 28.5. The van der Waals surface area contributed by atoms with Crippen LogP contribution in [0.5, 0.6) is 0 Å². The Labute approximate surface area is 218 Å². The molecule has 1 unspecified atom stereocenters. The van der Waals surface area contributed by atoms with Gasteiger partial charge in [-0.2, -0.15) is 0 Å². The zero-order valence-electron chi connectivity index (χ0n) is 20.4. The summed E-state index contributed by atoms with van der Waals surface area (Å²) in [6.07, 6.45) is -2.23. The summed E-state index contributed by atoms with van der Waals surface area (Å²) in [5.41, 5.74) is 0.178. The van der Waals surface area contributed by atoms with E-state index in [1.54, 1.807) is 24.3 Å². The van der Waals surface area contributed by atoms with Crippen LogP contribution in [0.15, 0.2) is 48.5 Å². The number of carbonyl (C=O) groups excluding carboxylic acids is 3. The number of nitrogens with one attached hydrogen (secondary N) is 4. The quantitative estimate of drug-likeness (QED) is 0.191. The lowest BCUT2D eigenvalue weighted by Crippen LogP contribution is -2.68. The minimum atomic E-state index is -3.38. The lowest BCUT2D eigenvalue weighted by atomic mass is 9.91. The minimum Gasteiger partial charge on any atom is -0.343 e. The molecular weight excluding hydrogens is 522 g/mol. The van der Waals surface area contributed by atoms with Crippen molar-refractivity contribution in [1.29, 1.82) is 0 Å². The largest absolute Gasteiger partial charge is 0.343 e. The number of sulfonamides is 1. The molecule has 0 aliphatic carbocycles. The third-order valence-electron chi connectivity index (χ3n) is 4.96. The molecule has 0 spiro atoms. The molecule has 0 fully saturated rings. The summed E-state index contributed by atoms with van der Waals surface area (Å²) in [5, 5.41) is 13.0. The molecule has 13 heteroatoms. The zero-order valence-corrected chi connectivity index (χ0v) is 21.2. The Morgan fingerprint density at radius 3 is 1.87 bits per heavy atom. The summed E-state index contributed by atoms with van der Waals surface area (Å²) < 4.78 is 52.3. The van der Waals surface area contributed by atoms with Crippen molar-refractivity contribution < 1.29 is 36.8 Å². The Hall–Kier alpha value is -4.46. The minimum absolute atomic E-state index is 0.000363. The van der Waals surface area contributed by atoms with Crippen LogP contribution < -0.4 is 20.8 Å². The fourth-order valence-electron chi connectivity index (χ4n) is 3.15. The number of carbonyl (C=O) groups is 3. The lowest BCUT2D eigenvalue weighted by molar-refractivity contribution is -0.137. The predicted molar refractivity (Wildman–Crippen MR) is 135 cm³/mol. The number of anilines is 1. The third-order valence-corrected chi connectivity index (χ3v) is 5.56. The summed E-state index contributed by atoms with van der Waals surface area (Å²) >= 11 is 0. The van der Waals surface area contributed by atoms with Crippen LogP contribution in [-0.2, 0) is 19.6 Å². The molecule has 0 aromatic heterocycles. The number of hydrogen-bond acceptors (Lipinski definition) is 6. The van der Waals surface area contributed by atoms with Crippen LogP contribution in [0.1, 0.15) is 35.3 Å². The first-order chi connectivity index (χ1) is 17.7. The number of alkyl halides is 2. The average Bonchev–Trinajstić information content (AvgIpc) is 2.84. The molecule has 0 radical (unpaired) electrons. The molecule has 0 saturated carbocycles. The first-order valence-corrected chi connectivity index (χ1v) is 12.7. The van der Waals surface area contributed by atoms with Crippen molar-refractivity contribution in [2.24, 2.45) is 0 Å². The van der Waals surface area contributed by atoms with Gasteiger partial charge in [0.15, 0.2) is 0 Å². The number of hydrogen-bond donors (Lipinski definition) is 5. The molecule has 5 N–H and O–H groups in total. The Morgan fingerprint density at radius 2 is 1.45 bits per heavy atom. The van der Waals surface area contributed by atoms with E-state index in [4.69, 9.17) is 5.21 Å². The van der Waals surface area contributed by atoms with Gasteiger partial charge in [-0.15, -0.1) is 0 Å². The van der Waals surface area contributed by atoms with Crippen molar-refractivity contribution in [3.63, 3.8) is 0 Å². The molecule has 2 aromatic rings. The maximum atomic E-state index is 13.8. The number of halogens is 2. The summed E-state index contributed by atoms with van der Waals surface area (Å²) in [6, 6.07) is 9.95. The molecule has 2 aromatic carbocycles. The molecule has 0 bridgehead atoms. The molecule has 38 heavy (non-hydrogen) atoms. The monoisotopic (exact) mass is 546 g/mol. The lowest BCUT2D eigenvalue weighted by Gasteiger charge is -2.36. The van der Waals surface area contributed by atoms with Crippen LogP contribution >= 0.6 is 0 Å². The van der Waals surface area contributed by atoms with Crippen LogP contribution in [-0.4, -0.2) is 55.6 Å². The Kier molecular flexibility index (Phi) is 9.93. The fraction of sp³-hybridized carbons (Fsp3) is 0.240. The normalized spacial score (nSPS) is 12.9. The number of amides is 3. The van der Waals surface area contributed by atoms with Gasteiger partial charge in [-0.05, 0) is 67.3 Å². The second kappa shape index (κ2) is 12.7. The Bertz CT molecular complexity index is 1420. The molecule has 2 atom stereocenters. The number of benzene rings is 2. The van der Waals surface area contributed by atoms with E-state index in [-0.39, 0.29) is 5.56 Å². The van der Waals surface area contributed by atoms with Crippen LogP contribution in [0, 0.1) is 23.7 Å². The van der Waals surface area contributed by atoms with Crippen molar-refractivity contribution in [3.8, 4) is 23.7 Å². The van der Waals surface area contributed by atoms with Gasteiger partial charge in [0.1, 0.15) is 11.6 Å². The SMILES string of the molecule is CC(=O)NC(C)(C(F)F)[C@H](NC(=O)c1ccc(C#CC#Cc2ccc(NS(C)(=O)=O)cc2)cc1)C(=O)NO. The summed E-state index contributed by atoms with van der Waals surface area (Å²) in [6.45, 7) is 1.83. The predicted octanol–water partition coefficient (Wildman–Crippen LogP) is 1.22. The maximum absolute atomic E-state index is 13.8. The van der Waals surface area contributed by atoms with Crippen molar-refractivity contribution in [2.75, 3.05) is 11.0 Å². The van der Waals surface area contributed by atoms with E-state index in [0.717, 1.165) is 20.1 Å². The first kappa shape index (κ1) is 29.8. The smallest absolute Gasteiger partial charge is 0.268 e. The van der Waals surface area contributed by atoms with E-state index in [0.29, 0.717) is 16.8 Å². The third kappa shape index (κ3) is 8.58. The highest BCUT2D eigenvalue weighted by Crippen LogP contribution is 2.21. The van der Waals surface area contributed by atoms with Gasteiger partial charge in [0.05, 0.1) is 6.26 Å². The highest BCUT2D eigenvalue weighted by atomic mass is 32.2. The van der Waals surface area contributed by atoms with E-state index >= 15 is 0 Å². The molecule has 10 nitrogen and oxygen atoms in total. The van der Waals surface area contributed by atoms with Gasteiger partial charge < -0.3 is 10.6 Å². The fourth-order valence-corrected chi connectivity index (χ4v) is 3.71.